The summed E-state index contributed by atoms with van der Waals surface area (Å²) in [5.41, 5.74) is -2.74. The molecular weight excluding hydrogens is 323 g/mol. The molecule has 124 valence electrons. The lowest BCUT2D eigenvalue weighted by Crippen LogP contribution is -2.55. The van der Waals surface area contributed by atoms with E-state index in [4.69, 9.17) is 0 Å². The number of carbonyl (C=O) groups is 2. The summed E-state index contributed by atoms with van der Waals surface area (Å²) in [5.74, 6) is -1.59. The predicted octanol–water partition coefficient (Wildman–Crippen LogP) is 2.90. The van der Waals surface area contributed by atoms with E-state index in [0.717, 1.165) is 17.7 Å². The van der Waals surface area contributed by atoms with Crippen LogP contribution in [0.2, 0.25) is 0 Å². The molecule has 0 radical (unpaired) electrons. The standard InChI is InChI=1S/C16H12F3N3O2/c1-10-7-8-12(20-9-10)22-13(23)15(16(17,18)19,21-14(22)24)11-5-3-2-4-6-11/h2-9H,1H3,(H,21,24)/t15-/m1/s1. The highest BCUT2D eigenvalue weighted by Crippen LogP contribution is 2.44. The van der Waals surface area contributed by atoms with Gasteiger partial charge in [0.05, 0.1) is 0 Å². The zero-order valence-electron chi connectivity index (χ0n) is 12.5. The maximum atomic E-state index is 13.8. The van der Waals surface area contributed by atoms with E-state index in [1.165, 1.54) is 30.5 Å². The number of pyridine rings is 1. The third-order valence-electron chi connectivity index (χ3n) is 3.78. The van der Waals surface area contributed by atoms with E-state index in [1.807, 2.05) is 5.32 Å². The van der Waals surface area contributed by atoms with E-state index in [2.05, 4.69) is 4.98 Å². The number of anilines is 1. The number of hydrogen-bond acceptors (Lipinski definition) is 3. The number of carbonyl (C=O) groups excluding carboxylic acids is 2. The zero-order chi connectivity index (χ0) is 17.5. The fourth-order valence-corrected chi connectivity index (χ4v) is 2.57. The first kappa shape index (κ1) is 16.0. The van der Waals surface area contributed by atoms with Gasteiger partial charge in [0, 0.05) is 6.20 Å². The van der Waals surface area contributed by atoms with E-state index in [-0.39, 0.29) is 11.4 Å². The minimum absolute atomic E-state index is 0.162. The lowest BCUT2D eigenvalue weighted by Gasteiger charge is -2.29. The second-order valence-corrected chi connectivity index (χ2v) is 5.38. The summed E-state index contributed by atoms with van der Waals surface area (Å²) in [5, 5.41) is 1.81. The number of imide groups is 1. The van der Waals surface area contributed by atoms with Gasteiger partial charge in [0.25, 0.3) is 5.91 Å². The number of nitrogens with zero attached hydrogens (tertiary/aromatic N) is 2. The Morgan fingerprint density at radius 1 is 1.08 bits per heavy atom. The zero-order valence-corrected chi connectivity index (χ0v) is 12.5. The topological polar surface area (TPSA) is 62.3 Å². The third kappa shape index (κ3) is 2.22. The molecule has 0 unspecified atom stereocenters. The van der Waals surface area contributed by atoms with Crippen LogP contribution in [-0.2, 0) is 10.3 Å². The molecule has 5 nitrogen and oxygen atoms in total. The highest BCUT2D eigenvalue weighted by Gasteiger charge is 2.68. The molecular formula is C16H12F3N3O2. The lowest BCUT2D eigenvalue weighted by molar-refractivity contribution is -0.195. The summed E-state index contributed by atoms with van der Waals surface area (Å²) in [6, 6.07) is 8.27. The van der Waals surface area contributed by atoms with Crippen molar-refractivity contribution in [2.24, 2.45) is 0 Å². The molecule has 2 heterocycles. The molecule has 1 N–H and O–H groups in total. The van der Waals surface area contributed by atoms with Crippen LogP contribution < -0.4 is 10.2 Å². The van der Waals surface area contributed by atoms with Crippen molar-refractivity contribution in [2.45, 2.75) is 18.6 Å². The first-order chi connectivity index (χ1) is 11.3. The molecule has 1 aromatic heterocycles. The van der Waals surface area contributed by atoms with Crippen molar-refractivity contribution in [3.8, 4) is 0 Å². The van der Waals surface area contributed by atoms with Crippen LogP contribution in [0.15, 0.2) is 48.7 Å². The van der Waals surface area contributed by atoms with Crippen molar-refractivity contribution >= 4 is 17.8 Å². The molecule has 1 aromatic carbocycles. The number of hydrogen-bond donors (Lipinski definition) is 1. The van der Waals surface area contributed by atoms with Crippen LogP contribution in [-0.4, -0.2) is 23.1 Å². The molecule has 0 saturated carbocycles. The Balaban J connectivity index is 2.15. The van der Waals surface area contributed by atoms with Gasteiger partial charge in [-0.15, -0.1) is 0 Å². The molecule has 3 rings (SSSR count). The predicted molar refractivity (Wildman–Crippen MR) is 79.2 cm³/mol. The molecule has 0 aliphatic carbocycles. The Labute approximate surface area is 135 Å². The van der Waals surface area contributed by atoms with E-state index >= 15 is 0 Å². The van der Waals surface area contributed by atoms with Gasteiger partial charge in [0.1, 0.15) is 5.82 Å². The van der Waals surface area contributed by atoms with Crippen molar-refractivity contribution in [3.63, 3.8) is 0 Å². The average Bonchev–Trinajstić information content (AvgIpc) is 2.81. The Bertz CT molecular complexity index is 790. The first-order valence-corrected chi connectivity index (χ1v) is 6.99. The van der Waals surface area contributed by atoms with E-state index in [9.17, 15) is 22.8 Å². The summed E-state index contributed by atoms with van der Waals surface area (Å²) in [6.07, 6.45) is -3.65. The monoisotopic (exact) mass is 335 g/mol. The molecule has 1 aliphatic heterocycles. The van der Waals surface area contributed by atoms with Gasteiger partial charge in [0.15, 0.2) is 0 Å². The maximum Gasteiger partial charge on any atom is 0.425 e. The number of amides is 3. The van der Waals surface area contributed by atoms with Gasteiger partial charge in [-0.3, -0.25) is 4.79 Å². The van der Waals surface area contributed by atoms with Crippen molar-refractivity contribution in [1.29, 1.82) is 0 Å². The SMILES string of the molecule is Cc1ccc(N2C(=O)N[C@@](c3ccccc3)(C(F)(F)F)C2=O)nc1. The van der Waals surface area contributed by atoms with Crippen molar-refractivity contribution in [1.82, 2.24) is 10.3 Å². The number of nitrogens with one attached hydrogen (secondary N) is 1. The smallest absolute Gasteiger partial charge is 0.311 e. The van der Waals surface area contributed by atoms with Gasteiger partial charge < -0.3 is 5.32 Å². The molecule has 2 aromatic rings. The molecule has 1 saturated heterocycles. The number of halogens is 3. The van der Waals surface area contributed by atoms with E-state index in [0.29, 0.717) is 4.90 Å². The molecule has 1 aliphatic rings. The summed E-state index contributed by atoms with van der Waals surface area (Å²) in [7, 11) is 0. The van der Waals surface area contributed by atoms with Crippen LogP contribution in [0.5, 0.6) is 0 Å². The van der Waals surface area contributed by atoms with Gasteiger partial charge >= 0.3 is 12.2 Å². The molecule has 0 bridgehead atoms. The van der Waals surface area contributed by atoms with Crippen LogP contribution in [0, 0.1) is 6.92 Å². The Morgan fingerprint density at radius 3 is 2.29 bits per heavy atom. The quantitative estimate of drug-likeness (QED) is 0.859. The summed E-state index contributed by atoms with van der Waals surface area (Å²) < 4.78 is 41.4. The van der Waals surface area contributed by atoms with Crippen molar-refractivity contribution in [2.75, 3.05) is 4.90 Å². The van der Waals surface area contributed by atoms with Crippen molar-refractivity contribution < 1.29 is 22.8 Å². The number of aryl methyl sites for hydroxylation is 1. The van der Waals surface area contributed by atoms with Gasteiger partial charge in [-0.2, -0.15) is 13.2 Å². The minimum Gasteiger partial charge on any atom is -0.311 e. The molecule has 24 heavy (non-hydrogen) atoms. The normalized spacial score (nSPS) is 21.1. The second kappa shape index (κ2) is 5.33. The number of urea groups is 1. The maximum absolute atomic E-state index is 13.8. The fourth-order valence-electron chi connectivity index (χ4n) is 2.57. The van der Waals surface area contributed by atoms with Crippen LogP contribution in [0.3, 0.4) is 0 Å². The van der Waals surface area contributed by atoms with E-state index in [1.54, 1.807) is 13.0 Å². The molecule has 1 fully saturated rings. The van der Waals surface area contributed by atoms with Gasteiger partial charge in [-0.25, -0.2) is 14.7 Å². The Morgan fingerprint density at radius 2 is 1.75 bits per heavy atom. The number of aromatic nitrogens is 1. The minimum atomic E-state index is -5.01. The van der Waals surface area contributed by atoms with Crippen molar-refractivity contribution in [3.05, 3.63) is 59.8 Å². The summed E-state index contributed by atoms with van der Waals surface area (Å²) in [6.45, 7) is 1.73. The lowest BCUT2D eigenvalue weighted by atomic mass is 9.89. The number of rotatable bonds is 2. The highest BCUT2D eigenvalue weighted by molar-refractivity contribution is 6.23. The van der Waals surface area contributed by atoms with Gasteiger partial charge in [-0.05, 0) is 24.1 Å². The third-order valence-corrected chi connectivity index (χ3v) is 3.78. The van der Waals surface area contributed by atoms with Crippen LogP contribution in [0.4, 0.5) is 23.8 Å². The second-order valence-electron chi connectivity index (χ2n) is 5.38. The molecule has 8 heteroatoms. The Kier molecular flexibility index (Phi) is 3.55. The highest BCUT2D eigenvalue weighted by atomic mass is 19.4. The molecule has 3 amide bonds. The number of alkyl halides is 3. The average molecular weight is 335 g/mol. The Hall–Kier alpha value is -2.90. The van der Waals surface area contributed by atoms with Crippen LogP contribution >= 0.6 is 0 Å². The fraction of sp³-hybridized carbons (Fsp3) is 0.188. The number of benzene rings is 1. The van der Waals surface area contributed by atoms with Crippen LogP contribution in [0.1, 0.15) is 11.1 Å². The molecule has 0 spiro atoms. The summed E-state index contributed by atoms with van der Waals surface area (Å²) in [4.78, 5) is 29.1. The van der Waals surface area contributed by atoms with Crippen LogP contribution in [0.25, 0.3) is 0 Å². The largest absolute Gasteiger partial charge is 0.425 e. The summed E-state index contributed by atoms with van der Waals surface area (Å²) >= 11 is 0. The first-order valence-electron chi connectivity index (χ1n) is 6.99. The van der Waals surface area contributed by atoms with E-state index < -0.39 is 23.7 Å². The van der Waals surface area contributed by atoms with Gasteiger partial charge in [-0.1, -0.05) is 36.4 Å². The molecule has 1 atom stereocenters. The van der Waals surface area contributed by atoms with Gasteiger partial charge in [0.2, 0.25) is 5.54 Å².